The van der Waals surface area contributed by atoms with Crippen LogP contribution in [0.5, 0.6) is 0 Å². The van der Waals surface area contributed by atoms with E-state index < -0.39 is 0 Å². The van der Waals surface area contributed by atoms with E-state index >= 15 is 0 Å². The second kappa shape index (κ2) is 5.22. The Kier molecular flexibility index (Phi) is 3.66. The number of piperazine rings is 1. The van der Waals surface area contributed by atoms with Crippen LogP contribution in [0.4, 0.5) is 0 Å². The van der Waals surface area contributed by atoms with Gasteiger partial charge in [-0.25, -0.2) is 0 Å². The molecule has 0 amide bonds. The smallest absolute Gasteiger partial charge is 0.0919 e. The molecule has 0 aromatic rings. The van der Waals surface area contributed by atoms with Crippen LogP contribution in [0, 0.1) is 0 Å². The van der Waals surface area contributed by atoms with E-state index in [9.17, 15) is 0 Å². The monoisotopic (exact) mass is 238 g/mol. The summed E-state index contributed by atoms with van der Waals surface area (Å²) in [6.45, 7) is 11.2. The van der Waals surface area contributed by atoms with Crippen LogP contribution in [-0.2, 0) is 0 Å². The SMILES string of the molecule is CCCN1CCCN2CCN3CCCNC3[C@H]12. The maximum Gasteiger partial charge on any atom is 0.0919 e. The van der Waals surface area contributed by atoms with Gasteiger partial charge in [-0.15, -0.1) is 0 Å². The Morgan fingerprint density at radius 1 is 1.00 bits per heavy atom. The molecule has 3 aliphatic rings. The van der Waals surface area contributed by atoms with E-state index in [1.165, 1.54) is 65.1 Å². The first kappa shape index (κ1) is 11.9. The van der Waals surface area contributed by atoms with Crippen molar-refractivity contribution >= 4 is 0 Å². The van der Waals surface area contributed by atoms with Gasteiger partial charge in [0.05, 0.1) is 12.3 Å². The summed E-state index contributed by atoms with van der Waals surface area (Å²) in [5.41, 5.74) is 0. The minimum Gasteiger partial charge on any atom is -0.299 e. The zero-order valence-electron chi connectivity index (χ0n) is 11.1. The van der Waals surface area contributed by atoms with E-state index in [0.29, 0.717) is 12.3 Å². The predicted molar refractivity (Wildman–Crippen MR) is 69.8 cm³/mol. The summed E-state index contributed by atoms with van der Waals surface area (Å²) in [5, 5.41) is 3.75. The van der Waals surface area contributed by atoms with Crippen molar-refractivity contribution in [2.45, 2.75) is 38.5 Å². The fraction of sp³-hybridized carbons (Fsp3) is 1.00. The predicted octanol–water partition coefficient (Wildman–Crippen LogP) is 0.365. The van der Waals surface area contributed by atoms with Gasteiger partial charge >= 0.3 is 0 Å². The molecule has 98 valence electrons. The van der Waals surface area contributed by atoms with Gasteiger partial charge in [-0.2, -0.15) is 0 Å². The van der Waals surface area contributed by atoms with Crippen LogP contribution in [-0.4, -0.2) is 72.8 Å². The maximum atomic E-state index is 3.75. The van der Waals surface area contributed by atoms with E-state index in [1.54, 1.807) is 0 Å². The fourth-order valence-electron chi connectivity index (χ4n) is 3.75. The van der Waals surface area contributed by atoms with Crippen molar-refractivity contribution in [1.29, 1.82) is 0 Å². The standard InChI is InChI=1S/C13H26N4/c1-2-6-16-8-4-9-17-11-10-15-7-3-5-14-12(15)13(16)17/h12-14H,2-11H2,1H3/t12?,13-/m1/s1. The van der Waals surface area contributed by atoms with Gasteiger partial charge in [0.15, 0.2) is 0 Å². The first-order valence-electron chi connectivity index (χ1n) is 7.35. The second-order valence-electron chi connectivity index (χ2n) is 5.63. The van der Waals surface area contributed by atoms with E-state index in [4.69, 9.17) is 0 Å². The summed E-state index contributed by atoms with van der Waals surface area (Å²) in [4.78, 5) is 8.08. The first-order valence-corrected chi connectivity index (χ1v) is 7.35. The molecule has 1 unspecified atom stereocenters. The topological polar surface area (TPSA) is 21.8 Å². The quantitative estimate of drug-likeness (QED) is 0.750. The molecule has 0 aliphatic carbocycles. The Labute approximate surface area is 105 Å². The first-order chi connectivity index (χ1) is 8.40. The highest BCUT2D eigenvalue weighted by molar-refractivity contribution is 4.94. The third-order valence-corrected chi connectivity index (χ3v) is 4.48. The molecule has 0 aromatic carbocycles. The van der Waals surface area contributed by atoms with E-state index in [-0.39, 0.29) is 0 Å². The molecule has 1 N–H and O–H groups in total. The number of fused-ring (bicyclic) bond motifs is 3. The third-order valence-electron chi connectivity index (χ3n) is 4.48. The summed E-state index contributed by atoms with van der Waals surface area (Å²) in [5.74, 6) is 0. The Morgan fingerprint density at radius 2 is 1.82 bits per heavy atom. The average Bonchev–Trinajstić information content (AvgIpc) is 2.39. The Bertz CT molecular complexity index is 256. The van der Waals surface area contributed by atoms with E-state index in [1.807, 2.05) is 0 Å². The molecule has 0 aromatic heterocycles. The summed E-state index contributed by atoms with van der Waals surface area (Å²) in [7, 11) is 0. The Morgan fingerprint density at radius 3 is 2.71 bits per heavy atom. The van der Waals surface area contributed by atoms with Crippen LogP contribution in [0.15, 0.2) is 0 Å². The van der Waals surface area contributed by atoms with Gasteiger partial charge in [-0.1, -0.05) is 6.92 Å². The molecular weight excluding hydrogens is 212 g/mol. The van der Waals surface area contributed by atoms with Gasteiger partial charge in [0.1, 0.15) is 0 Å². The van der Waals surface area contributed by atoms with Crippen molar-refractivity contribution in [3.05, 3.63) is 0 Å². The maximum absolute atomic E-state index is 3.75. The molecule has 4 heteroatoms. The van der Waals surface area contributed by atoms with Crippen LogP contribution in [0.1, 0.15) is 26.2 Å². The Hall–Kier alpha value is -0.160. The highest BCUT2D eigenvalue weighted by Crippen LogP contribution is 2.25. The molecule has 3 aliphatic heterocycles. The molecule has 0 bridgehead atoms. The third kappa shape index (κ3) is 2.24. The normalized spacial score (nSPS) is 36.5. The lowest BCUT2D eigenvalue weighted by atomic mass is 10.1. The van der Waals surface area contributed by atoms with Crippen molar-refractivity contribution < 1.29 is 0 Å². The largest absolute Gasteiger partial charge is 0.299 e. The molecule has 0 spiro atoms. The van der Waals surface area contributed by atoms with Gasteiger partial charge in [-0.05, 0) is 32.4 Å². The van der Waals surface area contributed by atoms with Gasteiger partial charge in [0.2, 0.25) is 0 Å². The molecular formula is C13H26N4. The van der Waals surface area contributed by atoms with E-state index in [2.05, 4.69) is 26.9 Å². The van der Waals surface area contributed by atoms with Gasteiger partial charge in [0, 0.05) is 32.7 Å². The molecule has 17 heavy (non-hydrogen) atoms. The minimum absolute atomic E-state index is 0.587. The number of nitrogens with one attached hydrogen (secondary N) is 1. The van der Waals surface area contributed by atoms with Gasteiger partial charge < -0.3 is 0 Å². The molecule has 3 saturated heterocycles. The zero-order chi connectivity index (χ0) is 11.7. The lowest BCUT2D eigenvalue weighted by Gasteiger charge is -2.55. The highest BCUT2D eigenvalue weighted by atomic mass is 15.5. The Balaban J connectivity index is 1.76. The number of rotatable bonds is 2. The highest BCUT2D eigenvalue weighted by Gasteiger charge is 2.41. The van der Waals surface area contributed by atoms with E-state index in [0.717, 1.165) is 0 Å². The molecule has 3 heterocycles. The lowest BCUT2D eigenvalue weighted by molar-refractivity contribution is -0.105. The molecule has 4 nitrogen and oxygen atoms in total. The summed E-state index contributed by atoms with van der Waals surface area (Å²) in [6.07, 6.45) is 5.17. The van der Waals surface area contributed by atoms with Crippen LogP contribution in [0.2, 0.25) is 0 Å². The van der Waals surface area contributed by atoms with Crippen LogP contribution >= 0.6 is 0 Å². The van der Waals surface area contributed by atoms with Crippen LogP contribution < -0.4 is 5.32 Å². The lowest BCUT2D eigenvalue weighted by Crippen LogP contribution is -2.73. The van der Waals surface area contributed by atoms with Crippen LogP contribution in [0.25, 0.3) is 0 Å². The second-order valence-corrected chi connectivity index (χ2v) is 5.63. The number of hydrogen-bond donors (Lipinski definition) is 1. The fourth-order valence-corrected chi connectivity index (χ4v) is 3.75. The van der Waals surface area contributed by atoms with Gasteiger partial charge in [0.25, 0.3) is 0 Å². The van der Waals surface area contributed by atoms with Crippen LogP contribution in [0.3, 0.4) is 0 Å². The van der Waals surface area contributed by atoms with Crippen molar-refractivity contribution in [2.24, 2.45) is 0 Å². The summed E-state index contributed by atoms with van der Waals surface area (Å²) < 4.78 is 0. The zero-order valence-corrected chi connectivity index (χ0v) is 11.1. The van der Waals surface area contributed by atoms with Crippen molar-refractivity contribution in [3.8, 4) is 0 Å². The summed E-state index contributed by atoms with van der Waals surface area (Å²) in [6, 6.07) is 0. The number of nitrogens with zero attached hydrogens (tertiary/aromatic N) is 3. The van der Waals surface area contributed by atoms with Crippen molar-refractivity contribution in [1.82, 2.24) is 20.0 Å². The van der Waals surface area contributed by atoms with Crippen molar-refractivity contribution in [2.75, 3.05) is 45.8 Å². The average molecular weight is 238 g/mol. The van der Waals surface area contributed by atoms with Gasteiger partial charge in [-0.3, -0.25) is 20.0 Å². The molecule has 3 rings (SSSR count). The van der Waals surface area contributed by atoms with Crippen molar-refractivity contribution in [3.63, 3.8) is 0 Å². The minimum atomic E-state index is 0.587. The molecule has 3 fully saturated rings. The molecule has 0 saturated carbocycles. The molecule has 0 radical (unpaired) electrons. The molecule has 2 atom stereocenters. The number of hydrogen-bond acceptors (Lipinski definition) is 4. The summed E-state index contributed by atoms with van der Waals surface area (Å²) >= 11 is 0.